The molecule has 1 atom stereocenters. The van der Waals surface area contributed by atoms with Gasteiger partial charge in [-0.05, 0) is 56.9 Å². The largest absolute Gasteiger partial charge is 0.228 e. The van der Waals surface area contributed by atoms with Crippen LogP contribution in [0.3, 0.4) is 0 Å². The molecule has 0 amide bonds. The molecule has 2 heteroatoms. The molecule has 0 aliphatic heterocycles. The van der Waals surface area contributed by atoms with Crippen molar-refractivity contribution in [1.29, 1.82) is 0 Å². The Morgan fingerprint density at radius 3 is 2.00 bits per heavy atom. The molecule has 0 radical (unpaired) electrons. The first-order valence-electron chi connectivity index (χ1n) is 13.0. The van der Waals surface area contributed by atoms with Crippen molar-refractivity contribution >= 4 is 5.57 Å². The van der Waals surface area contributed by atoms with Crippen LogP contribution in [-0.2, 0) is 0 Å². The van der Waals surface area contributed by atoms with Crippen molar-refractivity contribution in [3.8, 4) is 45.6 Å². The number of hydrogen-bond donors (Lipinski definition) is 0. The summed E-state index contributed by atoms with van der Waals surface area (Å²) < 4.78 is 0. The number of rotatable bonds is 7. The number of aromatic nitrogens is 2. The smallest absolute Gasteiger partial charge is 0.160 e. The van der Waals surface area contributed by atoms with Crippen LogP contribution in [0.2, 0.25) is 0 Å². The standard InChI is InChI=1S/C36H34N2/c1-7-9-16-33(25(3)4)35-27(6)34(31-14-11-10-12-15-31)37-36(38-35)32-23-21-30(22-24-32)29-19-17-28(18-20-29)26(5)13-8-2/h7,9-12,14-24,26H,1H2,2-6H3/b16-9-. The van der Waals surface area contributed by atoms with Crippen LogP contribution in [-0.4, -0.2) is 9.97 Å². The molecule has 38 heavy (non-hydrogen) atoms. The monoisotopic (exact) mass is 494 g/mol. The highest BCUT2D eigenvalue weighted by Gasteiger charge is 2.16. The van der Waals surface area contributed by atoms with Gasteiger partial charge in [0.15, 0.2) is 5.82 Å². The highest BCUT2D eigenvalue weighted by atomic mass is 14.9. The summed E-state index contributed by atoms with van der Waals surface area (Å²) in [4.78, 5) is 10.1. The molecule has 0 saturated carbocycles. The Hall–Kier alpha value is -4.48. The summed E-state index contributed by atoms with van der Waals surface area (Å²) in [5.74, 6) is 7.17. The summed E-state index contributed by atoms with van der Waals surface area (Å²) in [6.07, 6.45) is 5.83. The summed E-state index contributed by atoms with van der Waals surface area (Å²) >= 11 is 0. The molecule has 2 nitrogen and oxygen atoms in total. The van der Waals surface area contributed by atoms with Gasteiger partial charge in [-0.3, -0.25) is 0 Å². The van der Waals surface area contributed by atoms with E-state index >= 15 is 0 Å². The average molecular weight is 495 g/mol. The molecule has 0 aliphatic rings. The summed E-state index contributed by atoms with van der Waals surface area (Å²) in [6.45, 7) is 14.2. The van der Waals surface area contributed by atoms with Gasteiger partial charge in [0.25, 0.3) is 0 Å². The first-order valence-corrected chi connectivity index (χ1v) is 13.0. The maximum absolute atomic E-state index is 5.09. The van der Waals surface area contributed by atoms with E-state index in [1.165, 1.54) is 16.7 Å². The minimum absolute atomic E-state index is 0.232. The van der Waals surface area contributed by atoms with Gasteiger partial charge in [-0.15, -0.1) is 5.92 Å². The SMILES string of the molecule is C=C/C=C\C(=C(C)C)c1nc(-c2ccc(-c3ccc(C(C)C#CC)cc3)cc2)nc(-c2ccccc2)c1C. The molecule has 4 aromatic rings. The first kappa shape index (κ1) is 26.6. The molecule has 0 N–H and O–H groups in total. The van der Waals surface area contributed by atoms with Gasteiger partial charge in [-0.1, -0.05) is 115 Å². The Balaban J connectivity index is 1.78. The number of allylic oxidation sites excluding steroid dienone is 5. The normalized spacial score (nSPS) is 11.5. The van der Waals surface area contributed by atoms with E-state index in [0.29, 0.717) is 5.82 Å². The lowest BCUT2D eigenvalue weighted by Crippen LogP contribution is -2.03. The number of hydrogen-bond acceptors (Lipinski definition) is 2. The third-order valence-electron chi connectivity index (χ3n) is 6.63. The van der Waals surface area contributed by atoms with Crippen LogP contribution in [0.15, 0.2) is 109 Å². The lowest BCUT2D eigenvalue weighted by molar-refractivity contribution is 1.00. The molecule has 4 rings (SSSR count). The Kier molecular flexibility index (Phi) is 8.51. The van der Waals surface area contributed by atoms with Crippen LogP contribution >= 0.6 is 0 Å². The van der Waals surface area contributed by atoms with E-state index in [-0.39, 0.29) is 5.92 Å². The van der Waals surface area contributed by atoms with Crippen molar-refractivity contribution in [2.75, 3.05) is 0 Å². The Labute approximate surface area is 227 Å². The minimum Gasteiger partial charge on any atom is -0.228 e. The van der Waals surface area contributed by atoms with E-state index in [1.807, 2.05) is 31.2 Å². The van der Waals surface area contributed by atoms with Crippen molar-refractivity contribution < 1.29 is 0 Å². The summed E-state index contributed by atoms with van der Waals surface area (Å²) in [6, 6.07) is 27.5. The van der Waals surface area contributed by atoms with Crippen LogP contribution in [0.4, 0.5) is 0 Å². The third-order valence-corrected chi connectivity index (χ3v) is 6.63. The van der Waals surface area contributed by atoms with Crippen LogP contribution in [0.5, 0.6) is 0 Å². The second kappa shape index (κ2) is 12.2. The molecule has 0 spiro atoms. The highest BCUT2D eigenvalue weighted by Crippen LogP contribution is 2.32. The van der Waals surface area contributed by atoms with Crippen LogP contribution in [0, 0.1) is 18.8 Å². The molecule has 3 aromatic carbocycles. The third kappa shape index (κ3) is 5.90. The van der Waals surface area contributed by atoms with E-state index in [2.05, 4.69) is 113 Å². The zero-order chi connectivity index (χ0) is 27.1. The molecule has 0 fully saturated rings. The number of nitrogens with zero attached hydrogens (tertiary/aromatic N) is 2. The van der Waals surface area contributed by atoms with Crippen molar-refractivity contribution in [2.24, 2.45) is 0 Å². The number of benzene rings is 3. The van der Waals surface area contributed by atoms with E-state index in [9.17, 15) is 0 Å². The highest BCUT2D eigenvalue weighted by molar-refractivity contribution is 5.81. The summed E-state index contributed by atoms with van der Waals surface area (Å²) in [5.41, 5.74) is 10.8. The Bertz CT molecular complexity index is 1540. The quantitative estimate of drug-likeness (QED) is 0.189. The predicted octanol–water partition coefficient (Wildman–Crippen LogP) is 9.45. The topological polar surface area (TPSA) is 25.8 Å². The molecule has 1 aromatic heterocycles. The van der Waals surface area contributed by atoms with Gasteiger partial charge in [0, 0.05) is 22.6 Å². The van der Waals surface area contributed by atoms with Crippen LogP contribution in [0.25, 0.3) is 39.3 Å². The molecule has 0 saturated heterocycles. The maximum atomic E-state index is 5.09. The fourth-order valence-corrected chi connectivity index (χ4v) is 4.51. The lowest BCUT2D eigenvalue weighted by atomic mass is 9.96. The van der Waals surface area contributed by atoms with Gasteiger partial charge < -0.3 is 0 Å². The van der Waals surface area contributed by atoms with E-state index in [4.69, 9.17) is 9.97 Å². The van der Waals surface area contributed by atoms with Crippen molar-refractivity contribution in [3.05, 3.63) is 126 Å². The van der Waals surface area contributed by atoms with Gasteiger partial charge in [-0.2, -0.15) is 0 Å². The van der Waals surface area contributed by atoms with E-state index in [1.54, 1.807) is 6.08 Å². The molecule has 1 unspecified atom stereocenters. The fraction of sp³-hybridized carbons (Fsp3) is 0.167. The van der Waals surface area contributed by atoms with E-state index in [0.717, 1.165) is 39.2 Å². The molecule has 188 valence electrons. The maximum Gasteiger partial charge on any atom is 0.160 e. The molecule has 1 heterocycles. The van der Waals surface area contributed by atoms with Crippen LogP contribution in [0.1, 0.15) is 50.4 Å². The molecule has 0 bridgehead atoms. The average Bonchev–Trinajstić information content (AvgIpc) is 2.94. The van der Waals surface area contributed by atoms with Gasteiger partial charge in [-0.25, -0.2) is 9.97 Å². The van der Waals surface area contributed by atoms with Gasteiger partial charge in [0.05, 0.1) is 11.4 Å². The van der Waals surface area contributed by atoms with Gasteiger partial charge >= 0.3 is 0 Å². The molecular formula is C36H34N2. The summed E-state index contributed by atoms with van der Waals surface area (Å²) in [5, 5.41) is 0. The van der Waals surface area contributed by atoms with Crippen molar-refractivity contribution in [1.82, 2.24) is 9.97 Å². The zero-order valence-electron chi connectivity index (χ0n) is 22.9. The predicted molar refractivity (Wildman–Crippen MR) is 163 cm³/mol. The molecular weight excluding hydrogens is 460 g/mol. The Morgan fingerprint density at radius 2 is 1.42 bits per heavy atom. The minimum atomic E-state index is 0.232. The zero-order valence-corrected chi connectivity index (χ0v) is 22.9. The van der Waals surface area contributed by atoms with Crippen molar-refractivity contribution in [2.45, 2.75) is 40.5 Å². The van der Waals surface area contributed by atoms with Gasteiger partial charge in [0.2, 0.25) is 0 Å². The lowest BCUT2D eigenvalue weighted by Gasteiger charge is -2.15. The first-order chi connectivity index (χ1) is 18.4. The van der Waals surface area contributed by atoms with Crippen LogP contribution < -0.4 is 0 Å². The van der Waals surface area contributed by atoms with Gasteiger partial charge in [0.1, 0.15) is 0 Å². The molecule has 0 aliphatic carbocycles. The van der Waals surface area contributed by atoms with E-state index < -0.39 is 0 Å². The summed E-state index contributed by atoms with van der Waals surface area (Å²) in [7, 11) is 0. The Morgan fingerprint density at radius 1 is 0.816 bits per heavy atom. The second-order valence-electron chi connectivity index (χ2n) is 9.56. The van der Waals surface area contributed by atoms with Crippen molar-refractivity contribution in [3.63, 3.8) is 0 Å². The second-order valence-corrected chi connectivity index (χ2v) is 9.56. The fourth-order valence-electron chi connectivity index (χ4n) is 4.51.